The normalized spacial score (nSPS) is 12.6. The fraction of sp³-hybridized carbons (Fsp3) is 0.364. The summed E-state index contributed by atoms with van der Waals surface area (Å²) in [5.74, 6) is -1.80. The molecule has 1 aromatic rings. The van der Waals surface area contributed by atoms with Gasteiger partial charge in [0, 0.05) is 5.56 Å². The molecule has 0 fully saturated rings. The van der Waals surface area contributed by atoms with Crippen LogP contribution >= 0.6 is 0 Å². The third kappa shape index (κ3) is 7.72. The van der Waals surface area contributed by atoms with Gasteiger partial charge in [0.25, 0.3) is 10.1 Å². The van der Waals surface area contributed by atoms with Gasteiger partial charge in [-0.25, -0.2) is 0 Å². The Bertz CT molecular complexity index is 942. The van der Waals surface area contributed by atoms with Crippen LogP contribution in [-0.2, 0) is 34.5 Å². The van der Waals surface area contributed by atoms with Gasteiger partial charge in [-0.3, -0.25) is 8.98 Å². The zero-order valence-corrected chi connectivity index (χ0v) is 15.2. The lowest BCUT2D eigenvalue weighted by Gasteiger charge is -2.11. The van der Waals surface area contributed by atoms with Crippen LogP contribution in [0.15, 0.2) is 18.2 Å². The Morgan fingerprint density at radius 1 is 0.833 bits per heavy atom. The van der Waals surface area contributed by atoms with Crippen LogP contribution in [0.3, 0.4) is 0 Å². The highest BCUT2D eigenvalue weighted by Gasteiger charge is 2.19. The zero-order valence-electron chi connectivity index (χ0n) is 12.7. The first-order valence-electron chi connectivity index (χ1n) is 5.97. The Morgan fingerprint density at radius 2 is 1.33 bits per heavy atom. The summed E-state index contributed by atoms with van der Waals surface area (Å²) >= 11 is 0. The van der Waals surface area contributed by atoms with Crippen LogP contribution in [0.25, 0.3) is 0 Å². The molecule has 0 spiro atoms. The predicted octanol–water partition coefficient (Wildman–Crippen LogP) is -0.478. The van der Waals surface area contributed by atoms with Crippen molar-refractivity contribution in [2.45, 2.75) is 0 Å². The average molecular weight is 402 g/mol. The number of benzene rings is 1. The number of rotatable bonds is 8. The van der Waals surface area contributed by atoms with Crippen LogP contribution in [0.4, 0.5) is 0 Å². The molecule has 10 nitrogen and oxygen atoms in total. The second kappa shape index (κ2) is 7.04. The van der Waals surface area contributed by atoms with Crippen molar-refractivity contribution in [3.05, 3.63) is 23.8 Å². The van der Waals surface area contributed by atoms with Crippen LogP contribution in [0.5, 0.6) is 11.5 Å². The van der Waals surface area contributed by atoms with Crippen molar-refractivity contribution >= 4 is 36.1 Å². The van der Waals surface area contributed by atoms with E-state index in [1.807, 2.05) is 0 Å². The fourth-order valence-electron chi connectivity index (χ4n) is 1.39. The summed E-state index contributed by atoms with van der Waals surface area (Å²) in [6.07, 6.45) is 2.19. The largest absolute Gasteiger partial charge is 0.379 e. The molecule has 24 heavy (non-hydrogen) atoms. The van der Waals surface area contributed by atoms with E-state index in [1.165, 1.54) is 0 Å². The molecule has 1 aromatic carbocycles. The van der Waals surface area contributed by atoms with E-state index in [4.69, 9.17) is 0 Å². The van der Waals surface area contributed by atoms with Crippen molar-refractivity contribution in [2.24, 2.45) is 0 Å². The van der Waals surface area contributed by atoms with Crippen LogP contribution < -0.4 is 8.37 Å². The first kappa shape index (κ1) is 20.3. The molecule has 1 rings (SSSR count). The highest BCUT2D eigenvalue weighted by Crippen LogP contribution is 2.30. The molecule has 0 bridgehead atoms. The standard InChI is InChI=1S/C11H14O10S3/c1-22(13,14)19-7-9(12)8-4-5-10(20-23(2,15)16)11(6-8)21-24(3,17)18/h4-6H,7H2,1-3H3. The van der Waals surface area contributed by atoms with Crippen LogP contribution in [0.2, 0.25) is 0 Å². The maximum absolute atomic E-state index is 11.9. The Balaban J connectivity index is 3.22. The molecule has 0 unspecified atom stereocenters. The Hall–Kier alpha value is -1.70. The van der Waals surface area contributed by atoms with E-state index >= 15 is 0 Å². The van der Waals surface area contributed by atoms with E-state index in [1.54, 1.807) is 0 Å². The van der Waals surface area contributed by atoms with Gasteiger partial charge in [-0.15, -0.1) is 0 Å². The highest BCUT2D eigenvalue weighted by atomic mass is 32.2. The number of ketones is 1. The molecule has 0 aliphatic heterocycles. The molecular formula is C11H14O10S3. The summed E-state index contributed by atoms with van der Waals surface area (Å²) in [5, 5.41) is 0. The van der Waals surface area contributed by atoms with E-state index in [9.17, 15) is 30.0 Å². The van der Waals surface area contributed by atoms with Gasteiger partial charge in [0.15, 0.2) is 17.3 Å². The molecule has 0 radical (unpaired) electrons. The first-order chi connectivity index (χ1) is 10.7. The van der Waals surface area contributed by atoms with Gasteiger partial charge in [-0.05, 0) is 18.2 Å². The Kier molecular flexibility index (Phi) is 5.97. The minimum absolute atomic E-state index is 0.168. The lowest BCUT2D eigenvalue weighted by atomic mass is 10.1. The van der Waals surface area contributed by atoms with Crippen molar-refractivity contribution in [1.82, 2.24) is 0 Å². The predicted molar refractivity (Wildman–Crippen MR) is 82.5 cm³/mol. The van der Waals surface area contributed by atoms with Gasteiger partial charge >= 0.3 is 20.2 Å². The third-order valence-electron chi connectivity index (χ3n) is 2.15. The number of Topliss-reactive ketones (excluding diaryl/α,β-unsaturated/α-hetero) is 1. The number of hydrogen-bond acceptors (Lipinski definition) is 10. The van der Waals surface area contributed by atoms with Gasteiger partial charge in [-0.1, -0.05) is 0 Å². The monoisotopic (exact) mass is 402 g/mol. The molecule has 0 aliphatic rings. The van der Waals surface area contributed by atoms with E-state index in [2.05, 4.69) is 12.5 Å². The quantitative estimate of drug-likeness (QED) is 0.412. The minimum Gasteiger partial charge on any atom is -0.379 e. The molecule has 136 valence electrons. The molecule has 0 heterocycles. The summed E-state index contributed by atoms with van der Waals surface area (Å²) in [6, 6.07) is 2.99. The molecule has 0 aromatic heterocycles. The van der Waals surface area contributed by atoms with Crippen LogP contribution in [0.1, 0.15) is 10.4 Å². The van der Waals surface area contributed by atoms with E-state index < -0.39 is 54.2 Å². The molecule has 0 saturated heterocycles. The molecular weight excluding hydrogens is 388 g/mol. The van der Waals surface area contributed by atoms with E-state index in [0.717, 1.165) is 30.7 Å². The first-order valence-corrected chi connectivity index (χ1v) is 11.4. The summed E-state index contributed by atoms with van der Waals surface area (Å²) in [6.45, 7) is -0.816. The smallest absolute Gasteiger partial charge is 0.306 e. The number of carbonyl (C=O) groups is 1. The van der Waals surface area contributed by atoms with Crippen molar-refractivity contribution in [1.29, 1.82) is 0 Å². The zero-order chi connectivity index (χ0) is 18.8. The Morgan fingerprint density at radius 3 is 1.79 bits per heavy atom. The molecule has 13 heteroatoms. The van der Waals surface area contributed by atoms with Crippen molar-refractivity contribution < 1.29 is 42.6 Å². The lowest BCUT2D eigenvalue weighted by Crippen LogP contribution is -2.15. The number of carbonyl (C=O) groups excluding carboxylic acids is 1. The molecule has 0 N–H and O–H groups in total. The lowest BCUT2D eigenvalue weighted by molar-refractivity contribution is 0.0925. The van der Waals surface area contributed by atoms with Gasteiger partial charge < -0.3 is 8.37 Å². The SMILES string of the molecule is CS(=O)(=O)OCC(=O)c1ccc(OS(C)(=O)=O)c(OS(C)(=O)=O)c1. The topological polar surface area (TPSA) is 147 Å². The van der Waals surface area contributed by atoms with Gasteiger partial charge in [0.1, 0.15) is 6.61 Å². The maximum Gasteiger partial charge on any atom is 0.306 e. The summed E-state index contributed by atoms with van der Waals surface area (Å²) < 4.78 is 80.0. The van der Waals surface area contributed by atoms with Crippen LogP contribution in [-0.4, -0.2) is 56.4 Å². The average Bonchev–Trinajstić information content (AvgIpc) is 2.33. The Labute approximate surface area is 139 Å². The number of hydrogen-bond donors (Lipinski definition) is 0. The van der Waals surface area contributed by atoms with E-state index in [-0.39, 0.29) is 5.56 Å². The molecule has 0 aliphatic carbocycles. The van der Waals surface area contributed by atoms with Crippen molar-refractivity contribution in [3.63, 3.8) is 0 Å². The summed E-state index contributed by atoms with van der Waals surface area (Å²) in [5.41, 5.74) is -0.168. The molecule has 0 saturated carbocycles. The van der Waals surface area contributed by atoms with Crippen molar-refractivity contribution in [2.75, 3.05) is 25.4 Å². The molecule has 0 atom stereocenters. The highest BCUT2D eigenvalue weighted by molar-refractivity contribution is 7.86. The fourth-order valence-corrected chi connectivity index (χ4v) is 2.63. The van der Waals surface area contributed by atoms with Gasteiger partial charge in [-0.2, -0.15) is 25.3 Å². The summed E-state index contributed by atoms with van der Waals surface area (Å²) in [4.78, 5) is 11.9. The second-order valence-electron chi connectivity index (χ2n) is 4.63. The third-order valence-corrected chi connectivity index (χ3v) is 3.66. The van der Waals surface area contributed by atoms with E-state index in [0.29, 0.717) is 6.26 Å². The maximum atomic E-state index is 11.9. The van der Waals surface area contributed by atoms with Crippen molar-refractivity contribution in [3.8, 4) is 11.5 Å². The van der Waals surface area contributed by atoms with Gasteiger partial charge in [0.2, 0.25) is 0 Å². The van der Waals surface area contributed by atoms with Gasteiger partial charge in [0.05, 0.1) is 18.8 Å². The minimum atomic E-state index is -4.05. The summed E-state index contributed by atoms with van der Waals surface area (Å²) in [7, 11) is -11.9. The second-order valence-corrected chi connectivity index (χ2v) is 9.42. The molecule has 0 amide bonds. The van der Waals surface area contributed by atoms with Crippen LogP contribution in [0, 0.1) is 0 Å².